The summed E-state index contributed by atoms with van der Waals surface area (Å²) in [6.45, 7) is -0.00522. The van der Waals surface area contributed by atoms with Crippen LogP contribution in [0.1, 0.15) is 10.9 Å². The predicted molar refractivity (Wildman–Crippen MR) is 63.8 cm³/mol. The van der Waals surface area contributed by atoms with Gasteiger partial charge in [0.05, 0.1) is 12.6 Å². The average molecular weight is 219 g/mol. The lowest BCUT2D eigenvalue weighted by Crippen LogP contribution is -2.12. The molecule has 2 rings (SSSR count). The van der Waals surface area contributed by atoms with E-state index in [-0.39, 0.29) is 12.6 Å². The molecule has 0 amide bonds. The van der Waals surface area contributed by atoms with E-state index in [1.807, 2.05) is 30.3 Å². The fourth-order valence-corrected chi connectivity index (χ4v) is 2.41. The van der Waals surface area contributed by atoms with Crippen molar-refractivity contribution in [1.29, 1.82) is 0 Å². The van der Waals surface area contributed by atoms with Gasteiger partial charge in [-0.15, -0.1) is 11.3 Å². The molecule has 2 aromatic rings. The third kappa shape index (κ3) is 2.26. The Balaban J connectivity index is 2.28. The van der Waals surface area contributed by atoms with Gasteiger partial charge in [0.15, 0.2) is 0 Å². The van der Waals surface area contributed by atoms with Crippen LogP contribution in [0.3, 0.4) is 0 Å². The van der Waals surface area contributed by atoms with E-state index in [4.69, 9.17) is 10.8 Å². The number of hydrogen-bond donors (Lipinski definition) is 2. The Kier molecular flexibility index (Phi) is 3.16. The van der Waals surface area contributed by atoms with E-state index < -0.39 is 0 Å². The van der Waals surface area contributed by atoms with Crippen LogP contribution in [0.15, 0.2) is 42.5 Å². The molecule has 3 heteroatoms. The van der Waals surface area contributed by atoms with E-state index in [0.717, 1.165) is 4.88 Å². The van der Waals surface area contributed by atoms with Crippen molar-refractivity contribution in [2.75, 3.05) is 6.61 Å². The van der Waals surface area contributed by atoms with Gasteiger partial charge in [-0.3, -0.25) is 0 Å². The molecular weight excluding hydrogens is 206 g/mol. The van der Waals surface area contributed by atoms with Crippen LogP contribution in [-0.2, 0) is 0 Å². The van der Waals surface area contributed by atoms with Gasteiger partial charge in [0.2, 0.25) is 0 Å². The van der Waals surface area contributed by atoms with Crippen LogP contribution < -0.4 is 5.73 Å². The van der Waals surface area contributed by atoms with Gasteiger partial charge in [0.1, 0.15) is 0 Å². The van der Waals surface area contributed by atoms with Crippen LogP contribution in [0.4, 0.5) is 0 Å². The van der Waals surface area contributed by atoms with Crippen LogP contribution in [0.2, 0.25) is 0 Å². The monoisotopic (exact) mass is 219 g/mol. The molecule has 2 nitrogen and oxygen atoms in total. The zero-order valence-electron chi connectivity index (χ0n) is 8.26. The number of hydrogen-bond acceptors (Lipinski definition) is 3. The van der Waals surface area contributed by atoms with E-state index in [1.54, 1.807) is 11.3 Å². The molecule has 0 spiro atoms. The quantitative estimate of drug-likeness (QED) is 0.832. The third-order valence-electron chi connectivity index (χ3n) is 2.25. The highest BCUT2D eigenvalue weighted by atomic mass is 32.1. The topological polar surface area (TPSA) is 46.2 Å². The molecule has 0 aliphatic rings. The number of aliphatic hydroxyl groups is 1. The van der Waals surface area contributed by atoms with Gasteiger partial charge in [-0.05, 0) is 17.7 Å². The summed E-state index contributed by atoms with van der Waals surface area (Å²) in [6.07, 6.45) is 0. The lowest BCUT2D eigenvalue weighted by atomic mass is 10.2. The number of nitrogens with two attached hydrogens (primary N) is 1. The molecular formula is C12H13NOS. The maximum absolute atomic E-state index is 8.95. The van der Waals surface area contributed by atoms with Gasteiger partial charge in [-0.2, -0.15) is 0 Å². The maximum Gasteiger partial charge on any atom is 0.0632 e. The number of benzene rings is 1. The van der Waals surface area contributed by atoms with Crippen LogP contribution in [-0.4, -0.2) is 11.7 Å². The second kappa shape index (κ2) is 4.57. The molecule has 1 heterocycles. The third-order valence-corrected chi connectivity index (χ3v) is 3.51. The van der Waals surface area contributed by atoms with E-state index in [0.29, 0.717) is 0 Å². The Morgan fingerprint density at radius 1 is 1.13 bits per heavy atom. The summed E-state index contributed by atoms with van der Waals surface area (Å²) in [4.78, 5) is 2.21. The molecule has 1 unspecified atom stereocenters. The van der Waals surface area contributed by atoms with E-state index in [1.165, 1.54) is 10.4 Å². The van der Waals surface area contributed by atoms with Gasteiger partial charge >= 0.3 is 0 Å². The van der Waals surface area contributed by atoms with E-state index in [2.05, 4.69) is 12.1 Å². The van der Waals surface area contributed by atoms with Crippen LogP contribution in [0.25, 0.3) is 10.4 Å². The molecule has 0 bridgehead atoms. The molecule has 1 atom stereocenters. The molecule has 1 aromatic heterocycles. The normalized spacial score (nSPS) is 12.7. The van der Waals surface area contributed by atoms with Gasteiger partial charge in [-0.25, -0.2) is 0 Å². The number of aliphatic hydroxyl groups excluding tert-OH is 1. The molecule has 1 aromatic carbocycles. The van der Waals surface area contributed by atoms with Gasteiger partial charge in [-0.1, -0.05) is 30.3 Å². The van der Waals surface area contributed by atoms with Crippen molar-refractivity contribution < 1.29 is 5.11 Å². The highest BCUT2D eigenvalue weighted by Gasteiger charge is 2.08. The minimum atomic E-state index is -0.257. The SMILES string of the molecule is NC(CO)c1ccc(-c2ccccc2)s1. The van der Waals surface area contributed by atoms with Crippen LogP contribution in [0, 0.1) is 0 Å². The highest BCUT2D eigenvalue weighted by molar-refractivity contribution is 7.15. The van der Waals surface area contributed by atoms with E-state index >= 15 is 0 Å². The zero-order chi connectivity index (χ0) is 10.7. The summed E-state index contributed by atoms with van der Waals surface area (Å²) < 4.78 is 0. The Hall–Kier alpha value is -1.16. The van der Waals surface area contributed by atoms with Crippen molar-refractivity contribution in [3.8, 4) is 10.4 Å². The van der Waals surface area contributed by atoms with Crippen molar-refractivity contribution in [2.45, 2.75) is 6.04 Å². The predicted octanol–water partition coefficient (Wildman–Crippen LogP) is 2.41. The largest absolute Gasteiger partial charge is 0.394 e. The first-order valence-electron chi connectivity index (χ1n) is 4.83. The molecule has 0 fully saturated rings. The van der Waals surface area contributed by atoms with Gasteiger partial charge < -0.3 is 10.8 Å². The van der Waals surface area contributed by atoms with Crippen molar-refractivity contribution in [3.63, 3.8) is 0 Å². The van der Waals surface area contributed by atoms with E-state index in [9.17, 15) is 0 Å². The Morgan fingerprint density at radius 2 is 1.87 bits per heavy atom. The van der Waals surface area contributed by atoms with Gasteiger partial charge in [0, 0.05) is 9.75 Å². The summed E-state index contributed by atoms with van der Waals surface area (Å²) in [5, 5.41) is 8.95. The summed E-state index contributed by atoms with van der Waals surface area (Å²) in [5.74, 6) is 0. The van der Waals surface area contributed by atoms with Crippen molar-refractivity contribution in [2.24, 2.45) is 5.73 Å². The highest BCUT2D eigenvalue weighted by Crippen LogP contribution is 2.30. The molecule has 78 valence electrons. The van der Waals surface area contributed by atoms with Crippen molar-refractivity contribution >= 4 is 11.3 Å². The van der Waals surface area contributed by atoms with Crippen molar-refractivity contribution in [1.82, 2.24) is 0 Å². The lowest BCUT2D eigenvalue weighted by Gasteiger charge is -2.03. The molecule has 0 aliphatic carbocycles. The van der Waals surface area contributed by atoms with Crippen LogP contribution in [0.5, 0.6) is 0 Å². The van der Waals surface area contributed by atoms with Gasteiger partial charge in [0.25, 0.3) is 0 Å². The summed E-state index contributed by atoms with van der Waals surface area (Å²) in [7, 11) is 0. The first kappa shape index (κ1) is 10.4. The smallest absolute Gasteiger partial charge is 0.0632 e. The molecule has 3 N–H and O–H groups in total. The summed E-state index contributed by atoms with van der Waals surface area (Å²) in [6, 6.07) is 13.9. The Morgan fingerprint density at radius 3 is 2.53 bits per heavy atom. The number of rotatable bonds is 3. The standard InChI is InChI=1S/C12H13NOS/c13-10(8-14)12-7-6-11(15-12)9-4-2-1-3-5-9/h1-7,10,14H,8,13H2. The average Bonchev–Trinajstić information content (AvgIpc) is 2.78. The van der Waals surface area contributed by atoms with Crippen LogP contribution >= 0.6 is 11.3 Å². The first-order chi connectivity index (χ1) is 7.31. The fraction of sp³-hybridized carbons (Fsp3) is 0.167. The second-order valence-corrected chi connectivity index (χ2v) is 4.47. The van der Waals surface area contributed by atoms with Crippen molar-refractivity contribution in [3.05, 3.63) is 47.3 Å². The molecule has 0 saturated carbocycles. The molecule has 0 saturated heterocycles. The maximum atomic E-state index is 8.95. The minimum absolute atomic E-state index is 0.00522. The fourth-order valence-electron chi connectivity index (χ4n) is 1.40. The second-order valence-electron chi connectivity index (χ2n) is 3.36. The zero-order valence-corrected chi connectivity index (χ0v) is 9.08. The Labute approximate surface area is 93.0 Å². The molecule has 0 radical (unpaired) electrons. The Bertz CT molecular complexity index is 424. The summed E-state index contributed by atoms with van der Waals surface area (Å²) in [5.41, 5.74) is 6.94. The molecule has 0 aliphatic heterocycles. The summed E-state index contributed by atoms with van der Waals surface area (Å²) >= 11 is 1.63. The first-order valence-corrected chi connectivity index (χ1v) is 5.64. The number of thiophene rings is 1. The lowest BCUT2D eigenvalue weighted by molar-refractivity contribution is 0.269. The molecule has 15 heavy (non-hydrogen) atoms. The minimum Gasteiger partial charge on any atom is -0.394 e.